The molecule has 1 aromatic carbocycles. The maximum absolute atomic E-state index is 5.91. The van der Waals surface area contributed by atoms with Crippen LogP contribution in [0.3, 0.4) is 0 Å². The first kappa shape index (κ1) is 15.5. The number of rotatable bonds is 3. The summed E-state index contributed by atoms with van der Waals surface area (Å²) in [4.78, 5) is 6.78. The van der Waals surface area contributed by atoms with E-state index in [-0.39, 0.29) is 11.6 Å². The van der Waals surface area contributed by atoms with Crippen LogP contribution in [-0.4, -0.2) is 34.7 Å². The van der Waals surface area contributed by atoms with Gasteiger partial charge in [-0.3, -0.25) is 4.90 Å². The first-order valence-electron chi connectivity index (χ1n) is 7.51. The second-order valence-electron chi connectivity index (χ2n) is 6.44. The van der Waals surface area contributed by atoms with Gasteiger partial charge in [0.1, 0.15) is 0 Å². The van der Waals surface area contributed by atoms with Crippen LogP contribution < -0.4 is 0 Å². The monoisotopic (exact) mass is 320 g/mol. The molecular weight excluding hydrogens is 300 g/mol. The Kier molecular flexibility index (Phi) is 4.26. The lowest BCUT2D eigenvalue weighted by Crippen LogP contribution is -2.54. The molecule has 0 bridgehead atoms. The molecule has 0 aliphatic carbocycles. The van der Waals surface area contributed by atoms with E-state index in [0.29, 0.717) is 11.6 Å². The minimum atomic E-state index is -0.0125. The van der Waals surface area contributed by atoms with Crippen LogP contribution in [0.5, 0.6) is 0 Å². The summed E-state index contributed by atoms with van der Waals surface area (Å²) in [5.41, 5.74) is 0.972. The average molecular weight is 321 g/mol. The molecule has 2 aromatic rings. The third-order valence-corrected chi connectivity index (χ3v) is 4.32. The van der Waals surface area contributed by atoms with Crippen LogP contribution in [0.4, 0.5) is 0 Å². The largest absolute Gasteiger partial charge is 0.439 e. The van der Waals surface area contributed by atoms with E-state index in [1.54, 1.807) is 6.20 Å². The fourth-order valence-corrected chi connectivity index (χ4v) is 2.75. The Morgan fingerprint density at radius 2 is 2.05 bits per heavy atom. The van der Waals surface area contributed by atoms with Gasteiger partial charge in [0.25, 0.3) is 0 Å². The van der Waals surface area contributed by atoms with Crippen molar-refractivity contribution >= 4 is 11.6 Å². The molecule has 0 N–H and O–H groups in total. The summed E-state index contributed by atoms with van der Waals surface area (Å²) in [5, 5.41) is 0.715. The smallest absolute Gasteiger partial charge is 0.209 e. The molecule has 5 heteroatoms. The van der Waals surface area contributed by atoms with Gasteiger partial charge in [0, 0.05) is 22.7 Å². The van der Waals surface area contributed by atoms with E-state index in [9.17, 15) is 0 Å². The minimum absolute atomic E-state index is 0.0125. The third-order valence-electron chi connectivity index (χ3n) is 4.06. The van der Waals surface area contributed by atoms with Crippen molar-refractivity contribution in [1.29, 1.82) is 0 Å². The Morgan fingerprint density at radius 3 is 2.77 bits per heavy atom. The molecule has 1 saturated heterocycles. The molecule has 3 rings (SSSR count). The normalized spacial score (nSPS) is 21.9. The number of morpholine rings is 1. The van der Waals surface area contributed by atoms with Crippen molar-refractivity contribution in [3.05, 3.63) is 41.4 Å². The lowest BCUT2D eigenvalue weighted by atomic mass is 10.0. The van der Waals surface area contributed by atoms with E-state index in [4.69, 9.17) is 20.8 Å². The molecule has 2 heterocycles. The number of hydrogen-bond donors (Lipinski definition) is 0. The van der Waals surface area contributed by atoms with E-state index in [2.05, 4.69) is 30.7 Å². The molecule has 0 radical (unpaired) electrons. The molecule has 1 atom stereocenters. The molecule has 4 nitrogen and oxygen atoms in total. The number of hydrogen-bond acceptors (Lipinski definition) is 4. The Balaban J connectivity index is 1.75. The molecule has 118 valence electrons. The second-order valence-corrected chi connectivity index (χ2v) is 6.88. The van der Waals surface area contributed by atoms with Crippen molar-refractivity contribution in [3.63, 3.8) is 0 Å². The van der Waals surface area contributed by atoms with Gasteiger partial charge in [-0.15, -0.1) is 0 Å². The highest BCUT2D eigenvalue weighted by atomic mass is 35.5. The summed E-state index contributed by atoms with van der Waals surface area (Å²) in [6.45, 7) is 8.75. The molecule has 0 spiro atoms. The van der Waals surface area contributed by atoms with E-state index in [1.807, 2.05) is 24.3 Å². The molecule has 1 aromatic heterocycles. The summed E-state index contributed by atoms with van der Waals surface area (Å²) >= 11 is 5.91. The summed E-state index contributed by atoms with van der Waals surface area (Å²) in [7, 11) is 0. The zero-order chi connectivity index (χ0) is 15.7. The van der Waals surface area contributed by atoms with E-state index in [0.717, 1.165) is 30.4 Å². The van der Waals surface area contributed by atoms with E-state index < -0.39 is 0 Å². The number of halogens is 1. The highest BCUT2D eigenvalue weighted by Crippen LogP contribution is 2.26. The number of aromatic nitrogens is 1. The molecule has 22 heavy (non-hydrogen) atoms. The van der Waals surface area contributed by atoms with Gasteiger partial charge in [0.05, 0.1) is 25.5 Å². The average Bonchev–Trinajstić information content (AvgIpc) is 2.93. The van der Waals surface area contributed by atoms with Crippen molar-refractivity contribution in [2.45, 2.75) is 39.0 Å². The van der Waals surface area contributed by atoms with Crippen LogP contribution in [0.25, 0.3) is 11.3 Å². The maximum Gasteiger partial charge on any atom is 0.209 e. The van der Waals surface area contributed by atoms with Gasteiger partial charge in [-0.25, -0.2) is 4.98 Å². The predicted molar refractivity (Wildman–Crippen MR) is 86.9 cm³/mol. The van der Waals surface area contributed by atoms with Crippen molar-refractivity contribution in [2.75, 3.05) is 13.2 Å². The Hall–Kier alpha value is -1.36. The van der Waals surface area contributed by atoms with Gasteiger partial charge in [0.2, 0.25) is 5.89 Å². The fraction of sp³-hybridized carbons (Fsp3) is 0.471. The number of benzene rings is 1. The first-order valence-corrected chi connectivity index (χ1v) is 7.89. The molecule has 1 aliphatic heterocycles. The quantitative estimate of drug-likeness (QED) is 0.857. The van der Waals surface area contributed by atoms with Gasteiger partial charge in [0.15, 0.2) is 5.76 Å². The maximum atomic E-state index is 5.91. The second kappa shape index (κ2) is 6.03. The fourth-order valence-electron chi connectivity index (χ4n) is 2.62. The lowest BCUT2D eigenvalue weighted by Gasteiger charge is -2.43. The molecule has 0 saturated carbocycles. The number of nitrogens with zero attached hydrogens (tertiary/aromatic N) is 2. The zero-order valence-electron chi connectivity index (χ0n) is 13.2. The van der Waals surface area contributed by atoms with Gasteiger partial charge < -0.3 is 9.15 Å². The number of oxazole rings is 1. The van der Waals surface area contributed by atoms with E-state index in [1.165, 1.54) is 0 Å². The Bertz CT molecular complexity index is 636. The van der Waals surface area contributed by atoms with Crippen LogP contribution in [0.2, 0.25) is 5.02 Å². The standard InChI is InChI=1S/C17H21ClN2O2/c1-12-9-20(17(2,3)11-21-12)10-16-19-8-15(22-16)13-4-6-14(18)7-5-13/h4-8,12H,9-11H2,1-3H3/t12-/m0/s1. The van der Waals surface area contributed by atoms with Crippen LogP contribution in [0.1, 0.15) is 26.7 Å². The predicted octanol–water partition coefficient (Wildman–Crippen LogP) is 3.99. The van der Waals surface area contributed by atoms with Crippen LogP contribution in [0.15, 0.2) is 34.9 Å². The highest BCUT2D eigenvalue weighted by molar-refractivity contribution is 6.30. The highest BCUT2D eigenvalue weighted by Gasteiger charge is 2.34. The Morgan fingerprint density at radius 1 is 1.32 bits per heavy atom. The summed E-state index contributed by atoms with van der Waals surface area (Å²) in [5.74, 6) is 1.50. The van der Waals surface area contributed by atoms with Gasteiger partial charge in [-0.1, -0.05) is 11.6 Å². The van der Waals surface area contributed by atoms with Crippen LogP contribution >= 0.6 is 11.6 Å². The van der Waals surface area contributed by atoms with Crippen molar-refractivity contribution in [1.82, 2.24) is 9.88 Å². The molecule has 0 amide bonds. The molecule has 1 fully saturated rings. The lowest BCUT2D eigenvalue weighted by molar-refractivity contribution is -0.0972. The van der Waals surface area contributed by atoms with Crippen LogP contribution in [-0.2, 0) is 11.3 Å². The molecular formula is C17H21ClN2O2. The molecule has 0 unspecified atom stereocenters. The summed E-state index contributed by atoms with van der Waals surface area (Å²) in [6.07, 6.45) is 2.01. The van der Waals surface area contributed by atoms with Gasteiger partial charge >= 0.3 is 0 Å². The summed E-state index contributed by atoms with van der Waals surface area (Å²) < 4.78 is 11.6. The topological polar surface area (TPSA) is 38.5 Å². The van der Waals surface area contributed by atoms with Crippen LogP contribution in [0, 0.1) is 0 Å². The first-order chi connectivity index (χ1) is 10.4. The zero-order valence-corrected chi connectivity index (χ0v) is 13.9. The Labute approximate surface area is 136 Å². The molecule has 1 aliphatic rings. The summed E-state index contributed by atoms with van der Waals surface area (Å²) in [6, 6.07) is 7.58. The van der Waals surface area contributed by atoms with Crippen molar-refractivity contribution in [2.24, 2.45) is 0 Å². The van der Waals surface area contributed by atoms with E-state index >= 15 is 0 Å². The van der Waals surface area contributed by atoms with Crippen molar-refractivity contribution < 1.29 is 9.15 Å². The van der Waals surface area contributed by atoms with Gasteiger partial charge in [-0.2, -0.15) is 0 Å². The van der Waals surface area contributed by atoms with Crippen molar-refractivity contribution in [3.8, 4) is 11.3 Å². The minimum Gasteiger partial charge on any atom is -0.439 e. The SMILES string of the molecule is C[C@H]1CN(Cc2ncc(-c3ccc(Cl)cc3)o2)C(C)(C)CO1. The number of ether oxygens (including phenoxy) is 1. The third kappa shape index (κ3) is 3.35. The van der Waals surface area contributed by atoms with Gasteiger partial charge in [-0.05, 0) is 45.0 Å².